The van der Waals surface area contributed by atoms with Gasteiger partial charge in [0.1, 0.15) is 0 Å². The maximum atomic E-state index is 11.9. The number of methoxy groups -OCH3 is 1. The third-order valence-corrected chi connectivity index (χ3v) is 2.84. The molecule has 22 heavy (non-hydrogen) atoms. The van der Waals surface area contributed by atoms with Crippen LogP contribution < -0.4 is 5.32 Å². The van der Waals surface area contributed by atoms with Gasteiger partial charge < -0.3 is 10.1 Å². The lowest BCUT2D eigenvalue weighted by Crippen LogP contribution is -2.22. The summed E-state index contributed by atoms with van der Waals surface area (Å²) in [5, 5.41) is 2.81. The first-order chi connectivity index (χ1) is 10.7. The molecule has 0 spiro atoms. The van der Waals surface area contributed by atoms with Crippen molar-refractivity contribution >= 4 is 11.9 Å². The third kappa shape index (κ3) is 5.05. The minimum absolute atomic E-state index is 0.144. The molecule has 0 aliphatic carbocycles. The van der Waals surface area contributed by atoms with Crippen molar-refractivity contribution in [1.29, 1.82) is 0 Å². The predicted molar refractivity (Wildman–Crippen MR) is 86.7 cm³/mol. The molecule has 1 N–H and O–H groups in total. The van der Waals surface area contributed by atoms with E-state index in [-0.39, 0.29) is 11.9 Å². The highest BCUT2D eigenvalue weighted by atomic mass is 16.5. The number of carbonyl (C=O) groups excluding carboxylic acids is 2. The smallest absolute Gasteiger partial charge is 0.337 e. The summed E-state index contributed by atoms with van der Waals surface area (Å²) in [5.74, 6) is -0.532. The molecule has 2 rings (SSSR count). The van der Waals surface area contributed by atoms with E-state index in [2.05, 4.69) is 10.1 Å². The number of hydrogen-bond acceptors (Lipinski definition) is 3. The van der Waals surface area contributed by atoms with Crippen LogP contribution in [0, 0.1) is 0 Å². The van der Waals surface area contributed by atoms with Crippen molar-refractivity contribution in [2.75, 3.05) is 7.11 Å². The topological polar surface area (TPSA) is 55.4 Å². The average molecular weight is 299 g/mol. The Morgan fingerprint density at radius 1 is 0.955 bits per heavy atom. The number of rotatable bonds is 4. The van der Waals surface area contributed by atoms with Gasteiger partial charge in [0, 0.05) is 12.1 Å². The lowest BCUT2D eigenvalue weighted by Gasteiger charge is -2.06. The van der Waals surface area contributed by atoms with Crippen LogP contribution in [0.25, 0.3) is 0 Å². The van der Waals surface area contributed by atoms with Crippen molar-refractivity contribution in [2.24, 2.45) is 0 Å². The SMILES string of the molecule is CC.COC(=O)c1cccc(CNC(=O)c2ccccc2)c1. The van der Waals surface area contributed by atoms with Crippen molar-refractivity contribution in [1.82, 2.24) is 5.32 Å². The fraction of sp³-hybridized carbons (Fsp3) is 0.222. The molecule has 0 saturated heterocycles. The number of ether oxygens (including phenoxy) is 1. The predicted octanol–water partition coefficient (Wildman–Crippen LogP) is 3.43. The van der Waals surface area contributed by atoms with E-state index in [0.29, 0.717) is 17.7 Å². The van der Waals surface area contributed by atoms with Crippen LogP contribution in [-0.2, 0) is 11.3 Å². The highest BCUT2D eigenvalue weighted by Crippen LogP contribution is 2.07. The van der Waals surface area contributed by atoms with Crippen LogP contribution in [0.1, 0.15) is 40.1 Å². The lowest BCUT2D eigenvalue weighted by molar-refractivity contribution is 0.0600. The summed E-state index contributed by atoms with van der Waals surface area (Å²) >= 11 is 0. The number of hydrogen-bond donors (Lipinski definition) is 1. The fourth-order valence-electron chi connectivity index (χ4n) is 1.80. The Balaban J connectivity index is 0.00000116. The average Bonchev–Trinajstić information content (AvgIpc) is 2.61. The number of amides is 1. The molecule has 0 aliphatic heterocycles. The quantitative estimate of drug-likeness (QED) is 0.880. The van der Waals surface area contributed by atoms with Crippen molar-refractivity contribution in [3.05, 3.63) is 71.3 Å². The second kappa shape index (κ2) is 9.34. The van der Waals surface area contributed by atoms with Gasteiger partial charge in [-0.05, 0) is 29.8 Å². The molecule has 2 aromatic carbocycles. The number of esters is 1. The normalized spacial score (nSPS) is 9.23. The molecule has 0 radical (unpaired) electrons. The summed E-state index contributed by atoms with van der Waals surface area (Å²) in [6, 6.07) is 16.0. The molecule has 4 heteroatoms. The van der Waals surface area contributed by atoms with Crippen LogP contribution >= 0.6 is 0 Å². The number of nitrogens with one attached hydrogen (secondary N) is 1. The molecule has 0 aromatic heterocycles. The molecule has 0 atom stereocenters. The monoisotopic (exact) mass is 299 g/mol. The standard InChI is InChI=1S/C16H15NO3.C2H6/c1-20-16(19)14-9-5-6-12(10-14)11-17-15(18)13-7-3-2-4-8-13;1-2/h2-10H,11H2,1H3,(H,17,18);1-2H3. The number of carbonyl (C=O) groups is 2. The number of benzene rings is 2. The van der Waals surface area contributed by atoms with Gasteiger partial charge >= 0.3 is 5.97 Å². The van der Waals surface area contributed by atoms with Crippen molar-refractivity contribution < 1.29 is 14.3 Å². The Labute approximate surface area is 131 Å². The summed E-state index contributed by atoms with van der Waals surface area (Å²) < 4.78 is 4.66. The van der Waals surface area contributed by atoms with Crippen LogP contribution in [0.2, 0.25) is 0 Å². The third-order valence-electron chi connectivity index (χ3n) is 2.84. The maximum absolute atomic E-state index is 11.9. The highest BCUT2D eigenvalue weighted by molar-refractivity contribution is 5.94. The summed E-state index contributed by atoms with van der Waals surface area (Å²) in [4.78, 5) is 23.3. The van der Waals surface area contributed by atoms with E-state index in [9.17, 15) is 9.59 Å². The summed E-state index contributed by atoms with van der Waals surface area (Å²) in [7, 11) is 1.34. The highest BCUT2D eigenvalue weighted by Gasteiger charge is 2.07. The second-order valence-corrected chi connectivity index (χ2v) is 4.24. The van der Waals surface area contributed by atoms with Crippen LogP contribution in [0.3, 0.4) is 0 Å². The molecule has 116 valence electrons. The zero-order chi connectivity index (χ0) is 16.4. The van der Waals surface area contributed by atoms with Gasteiger partial charge in [0.15, 0.2) is 0 Å². The first kappa shape index (κ1) is 17.4. The Morgan fingerprint density at radius 3 is 2.23 bits per heavy atom. The molecule has 0 bridgehead atoms. The summed E-state index contributed by atoms with van der Waals surface area (Å²) in [6.07, 6.45) is 0. The van der Waals surface area contributed by atoms with Crippen molar-refractivity contribution in [3.8, 4) is 0 Å². The molecule has 0 fully saturated rings. The molecular formula is C18H21NO3. The van der Waals surface area contributed by atoms with Crippen LogP contribution in [0.5, 0.6) is 0 Å². The zero-order valence-electron chi connectivity index (χ0n) is 13.1. The Kier molecular flexibility index (Phi) is 7.40. The Hall–Kier alpha value is -2.62. The van der Waals surface area contributed by atoms with Crippen LogP contribution in [0.4, 0.5) is 0 Å². The summed E-state index contributed by atoms with van der Waals surface area (Å²) in [6.45, 7) is 4.36. The van der Waals surface area contributed by atoms with E-state index >= 15 is 0 Å². The second-order valence-electron chi connectivity index (χ2n) is 4.24. The van der Waals surface area contributed by atoms with E-state index in [0.717, 1.165) is 5.56 Å². The van der Waals surface area contributed by atoms with Gasteiger partial charge in [-0.1, -0.05) is 44.2 Å². The van der Waals surface area contributed by atoms with Gasteiger partial charge in [0.05, 0.1) is 12.7 Å². The van der Waals surface area contributed by atoms with Crippen molar-refractivity contribution in [3.63, 3.8) is 0 Å². The molecule has 0 unspecified atom stereocenters. The molecule has 2 aromatic rings. The van der Waals surface area contributed by atoms with E-state index in [1.807, 2.05) is 38.1 Å². The van der Waals surface area contributed by atoms with Gasteiger partial charge in [0.25, 0.3) is 5.91 Å². The van der Waals surface area contributed by atoms with E-state index in [4.69, 9.17) is 0 Å². The molecule has 0 saturated carbocycles. The van der Waals surface area contributed by atoms with Crippen molar-refractivity contribution in [2.45, 2.75) is 20.4 Å². The molecule has 0 aliphatic rings. The zero-order valence-corrected chi connectivity index (χ0v) is 13.1. The lowest BCUT2D eigenvalue weighted by atomic mass is 10.1. The fourth-order valence-corrected chi connectivity index (χ4v) is 1.80. The van der Waals surface area contributed by atoms with Gasteiger partial charge in [0.2, 0.25) is 0 Å². The van der Waals surface area contributed by atoms with Crippen LogP contribution in [0.15, 0.2) is 54.6 Å². The van der Waals surface area contributed by atoms with Gasteiger partial charge in [-0.2, -0.15) is 0 Å². The summed E-state index contributed by atoms with van der Waals surface area (Å²) in [5.41, 5.74) is 1.92. The van der Waals surface area contributed by atoms with E-state index in [1.54, 1.807) is 30.3 Å². The maximum Gasteiger partial charge on any atom is 0.337 e. The molecule has 4 nitrogen and oxygen atoms in total. The largest absolute Gasteiger partial charge is 0.465 e. The Morgan fingerprint density at radius 2 is 1.59 bits per heavy atom. The minimum atomic E-state index is -0.388. The minimum Gasteiger partial charge on any atom is -0.465 e. The van der Waals surface area contributed by atoms with E-state index in [1.165, 1.54) is 7.11 Å². The Bertz CT molecular complexity index is 609. The van der Waals surface area contributed by atoms with Gasteiger partial charge in [-0.25, -0.2) is 4.79 Å². The van der Waals surface area contributed by atoms with Gasteiger partial charge in [-0.15, -0.1) is 0 Å². The van der Waals surface area contributed by atoms with Crippen LogP contribution in [-0.4, -0.2) is 19.0 Å². The first-order valence-corrected chi connectivity index (χ1v) is 7.21. The first-order valence-electron chi connectivity index (χ1n) is 7.21. The molecule has 0 heterocycles. The molecule has 1 amide bonds. The van der Waals surface area contributed by atoms with Gasteiger partial charge in [-0.3, -0.25) is 4.79 Å². The van der Waals surface area contributed by atoms with E-state index < -0.39 is 0 Å². The molecular weight excluding hydrogens is 278 g/mol.